The first-order chi connectivity index (χ1) is 8.75. The van der Waals surface area contributed by atoms with Gasteiger partial charge in [0, 0.05) is 12.7 Å². The summed E-state index contributed by atoms with van der Waals surface area (Å²) in [5.41, 5.74) is 0.544. The second kappa shape index (κ2) is 4.54. The van der Waals surface area contributed by atoms with Crippen molar-refractivity contribution in [2.45, 2.75) is 25.9 Å². The van der Waals surface area contributed by atoms with Gasteiger partial charge < -0.3 is 4.90 Å². The van der Waals surface area contributed by atoms with Crippen LogP contribution in [0.4, 0.5) is 18.9 Å². The number of fused-ring (bicyclic) bond motifs is 1. The van der Waals surface area contributed by atoms with Gasteiger partial charge in [0.05, 0.1) is 11.8 Å². The summed E-state index contributed by atoms with van der Waals surface area (Å²) in [6.45, 7) is 3.31. The van der Waals surface area contributed by atoms with Crippen LogP contribution in [0.1, 0.15) is 25.3 Å². The molecule has 0 spiro atoms. The van der Waals surface area contributed by atoms with Gasteiger partial charge in [-0.05, 0) is 17.5 Å². The summed E-state index contributed by atoms with van der Waals surface area (Å²) in [7, 11) is 1.53. The molecule has 1 aromatic carbocycles. The minimum absolute atomic E-state index is 0.191. The fourth-order valence-electron chi connectivity index (χ4n) is 2.78. The summed E-state index contributed by atoms with van der Waals surface area (Å²) in [6, 6.07) is 6.25. The number of carbonyl (C=O) groups excluding carboxylic acids is 1. The molecule has 2 unspecified atom stereocenters. The van der Waals surface area contributed by atoms with Gasteiger partial charge in [0.1, 0.15) is 0 Å². The summed E-state index contributed by atoms with van der Waals surface area (Å²) < 4.78 is 40.1. The van der Waals surface area contributed by atoms with Gasteiger partial charge in [0.2, 0.25) is 5.91 Å². The van der Waals surface area contributed by atoms with E-state index in [4.69, 9.17) is 0 Å². The highest BCUT2D eigenvalue weighted by atomic mass is 19.4. The van der Waals surface area contributed by atoms with Crippen molar-refractivity contribution in [1.29, 1.82) is 0 Å². The Hall–Kier alpha value is -1.52. The molecule has 1 heterocycles. The maximum Gasteiger partial charge on any atom is 0.396 e. The molecule has 1 aliphatic heterocycles. The Morgan fingerprint density at radius 3 is 2.32 bits per heavy atom. The van der Waals surface area contributed by atoms with Crippen molar-refractivity contribution < 1.29 is 18.0 Å². The summed E-state index contributed by atoms with van der Waals surface area (Å²) in [5, 5.41) is 0. The number of hydrogen-bond donors (Lipinski definition) is 0. The van der Waals surface area contributed by atoms with Gasteiger partial charge >= 0.3 is 6.18 Å². The van der Waals surface area contributed by atoms with Crippen LogP contribution in [0.25, 0.3) is 0 Å². The van der Waals surface area contributed by atoms with Crippen molar-refractivity contribution in [1.82, 2.24) is 0 Å². The lowest BCUT2D eigenvalue weighted by molar-refractivity contribution is -0.172. The standard InChI is InChI=1S/C14H16F3NO/c1-8(2)11-12(14(15,16)17)9-6-4-5-7-10(9)18(3)13(11)19/h4-8,11-12H,1-3H3. The van der Waals surface area contributed by atoms with Crippen LogP contribution in [-0.2, 0) is 4.79 Å². The molecule has 0 bridgehead atoms. The zero-order valence-electron chi connectivity index (χ0n) is 11.0. The third kappa shape index (κ3) is 2.22. The van der Waals surface area contributed by atoms with E-state index in [2.05, 4.69) is 0 Å². The maximum atomic E-state index is 13.4. The Morgan fingerprint density at radius 2 is 1.79 bits per heavy atom. The third-order valence-corrected chi connectivity index (χ3v) is 3.68. The van der Waals surface area contributed by atoms with Crippen molar-refractivity contribution in [3.05, 3.63) is 29.8 Å². The first-order valence-corrected chi connectivity index (χ1v) is 6.18. The fourth-order valence-corrected chi connectivity index (χ4v) is 2.78. The fraction of sp³-hybridized carbons (Fsp3) is 0.500. The van der Waals surface area contributed by atoms with Gasteiger partial charge in [-0.15, -0.1) is 0 Å². The second-order valence-corrected chi connectivity index (χ2v) is 5.25. The molecule has 1 aromatic rings. The number of alkyl halides is 3. The summed E-state index contributed by atoms with van der Waals surface area (Å²) in [6.07, 6.45) is -4.41. The van der Waals surface area contributed by atoms with Crippen LogP contribution < -0.4 is 4.90 Å². The molecular weight excluding hydrogens is 255 g/mol. The lowest BCUT2D eigenvalue weighted by atomic mass is 9.74. The highest BCUT2D eigenvalue weighted by Crippen LogP contribution is 2.49. The first-order valence-electron chi connectivity index (χ1n) is 6.18. The topological polar surface area (TPSA) is 20.3 Å². The SMILES string of the molecule is CC(C)C1C(=O)N(C)c2ccccc2C1C(F)(F)F. The minimum atomic E-state index is -4.41. The highest BCUT2D eigenvalue weighted by molar-refractivity contribution is 5.98. The highest BCUT2D eigenvalue weighted by Gasteiger charge is 2.53. The molecule has 1 amide bonds. The van der Waals surface area contributed by atoms with E-state index >= 15 is 0 Å². The number of para-hydroxylation sites is 1. The maximum absolute atomic E-state index is 13.4. The summed E-state index contributed by atoms with van der Waals surface area (Å²) >= 11 is 0. The monoisotopic (exact) mass is 271 g/mol. The molecule has 0 N–H and O–H groups in total. The summed E-state index contributed by atoms with van der Waals surface area (Å²) in [4.78, 5) is 13.5. The number of carbonyl (C=O) groups is 1. The minimum Gasteiger partial charge on any atom is -0.315 e. The van der Waals surface area contributed by atoms with Crippen molar-refractivity contribution >= 4 is 11.6 Å². The molecule has 0 fully saturated rings. The molecule has 19 heavy (non-hydrogen) atoms. The molecule has 0 saturated carbocycles. The van der Waals surface area contributed by atoms with Crippen LogP contribution >= 0.6 is 0 Å². The smallest absolute Gasteiger partial charge is 0.315 e. The van der Waals surface area contributed by atoms with Crippen molar-refractivity contribution in [3.8, 4) is 0 Å². The molecule has 104 valence electrons. The van der Waals surface area contributed by atoms with E-state index in [-0.39, 0.29) is 11.5 Å². The molecular formula is C14H16F3NO. The van der Waals surface area contributed by atoms with Crippen LogP contribution in [0.5, 0.6) is 0 Å². The summed E-state index contributed by atoms with van der Waals surface area (Å²) in [5.74, 6) is -3.60. The second-order valence-electron chi connectivity index (χ2n) is 5.25. The van der Waals surface area contributed by atoms with Gasteiger partial charge in [-0.25, -0.2) is 0 Å². The van der Waals surface area contributed by atoms with Gasteiger partial charge in [-0.3, -0.25) is 4.79 Å². The quantitative estimate of drug-likeness (QED) is 0.764. The van der Waals surface area contributed by atoms with E-state index in [1.165, 1.54) is 18.0 Å². The number of nitrogens with zero attached hydrogens (tertiary/aromatic N) is 1. The number of amides is 1. The van der Waals surface area contributed by atoms with E-state index in [9.17, 15) is 18.0 Å². The van der Waals surface area contributed by atoms with Crippen LogP contribution in [0.2, 0.25) is 0 Å². The average molecular weight is 271 g/mol. The number of anilines is 1. The molecule has 5 heteroatoms. The van der Waals surface area contributed by atoms with Gasteiger partial charge in [-0.1, -0.05) is 32.0 Å². The average Bonchev–Trinajstić information content (AvgIpc) is 2.31. The number of hydrogen-bond acceptors (Lipinski definition) is 1. The number of benzene rings is 1. The van der Waals surface area contributed by atoms with E-state index in [0.29, 0.717) is 5.69 Å². The predicted octanol–water partition coefficient (Wildman–Crippen LogP) is 3.58. The largest absolute Gasteiger partial charge is 0.396 e. The van der Waals surface area contributed by atoms with Gasteiger partial charge in [-0.2, -0.15) is 13.2 Å². The van der Waals surface area contributed by atoms with Crippen molar-refractivity contribution in [2.24, 2.45) is 11.8 Å². The molecule has 0 aliphatic carbocycles. The van der Waals surface area contributed by atoms with Gasteiger partial charge in [0.25, 0.3) is 0 Å². The Morgan fingerprint density at radius 1 is 1.21 bits per heavy atom. The predicted molar refractivity (Wildman–Crippen MR) is 67.0 cm³/mol. The Bertz CT molecular complexity index is 496. The molecule has 2 nitrogen and oxygen atoms in total. The first kappa shape index (κ1) is 13.9. The van der Waals surface area contributed by atoms with Crippen LogP contribution in [0, 0.1) is 11.8 Å². The van der Waals surface area contributed by atoms with E-state index in [0.717, 1.165) is 0 Å². The third-order valence-electron chi connectivity index (χ3n) is 3.68. The number of rotatable bonds is 1. The Kier molecular flexibility index (Phi) is 3.32. The lowest BCUT2D eigenvalue weighted by Crippen LogP contribution is -2.47. The molecule has 2 rings (SSSR count). The Balaban J connectivity index is 2.64. The van der Waals surface area contributed by atoms with Crippen LogP contribution in [0.3, 0.4) is 0 Å². The molecule has 0 aromatic heterocycles. The molecule has 0 radical (unpaired) electrons. The molecule has 0 saturated heterocycles. The zero-order chi connectivity index (χ0) is 14.4. The van der Waals surface area contributed by atoms with E-state index in [1.54, 1.807) is 32.0 Å². The van der Waals surface area contributed by atoms with Gasteiger partial charge in [0.15, 0.2) is 0 Å². The van der Waals surface area contributed by atoms with E-state index < -0.39 is 23.9 Å². The number of halogens is 3. The molecule has 2 atom stereocenters. The van der Waals surface area contributed by atoms with Crippen LogP contribution in [0.15, 0.2) is 24.3 Å². The van der Waals surface area contributed by atoms with E-state index in [1.807, 2.05) is 0 Å². The Labute approximate surface area is 110 Å². The van der Waals surface area contributed by atoms with Crippen LogP contribution in [-0.4, -0.2) is 19.1 Å². The molecule has 1 aliphatic rings. The zero-order valence-corrected chi connectivity index (χ0v) is 11.0. The van der Waals surface area contributed by atoms with Crippen molar-refractivity contribution in [2.75, 3.05) is 11.9 Å². The van der Waals surface area contributed by atoms with Crippen molar-refractivity contribution in [3.63, 3.8) is 0 Å². The lowest BCUT2D eigenvalue weighted by Gasteiger charge is -2.40. The normalized spacial score (nSPS) is 23.7.